The summed E-state index contributed by atoms with van der Waals surface area (Å²) in [5.74, 6) is 0.227. The van der Waals surface area contributed by atoms with Crippen LogP contribution in [0.25, 0.3) is 0 Å². The zero-order chi connectivity index (χ0) is 8.55. The maximum Gasteiger partial charge on any atom is 0.226 e. The molecule has 1 saturated heterocycles. The zero-order valence-electron chi connectivity index (χ0n) is 6.66. The average molecular weight is 168 g/mol. The number of rotatable bonds is 2. The smallest absolute Gasteiger partial charge is 0.226 e. The summed E-state index contributed by atoms with van der Waals surface area (Å²) < 4.78 is 22.9. The summed E-state index contributed by atoms with van der Waals surface area (Å²) >= 11 is 0. The lowest BCUT2D eigenvalue weighted by atomic mass is 10.3. The van der Waals surface area contributed by atoms with Crippen LogP contribution in [-0.2, 0) is 4.74 Å². The molecule has 2 atom stereocenters. The Morgan fingerprint density at radius 1 is 1.50 bits per heavy atom. The van der Waals surface area contributed by atoms with Crippen LogP contribution < -0.4 is 4.74 Å². The molecule has 2 unspecified atom stereocenters. The Balaban J connectivity index is 2.03. The fourth-order valence-corrected chi connectivity index (χ4v) is 0.964. The van der Waals surface area contributed by atoms with E-state index >= 15 is 0 Å². The molecule has 2 nitrogen and oxygen atoms in total. The van der Waals surface area contributed by atoms with Gasteiger partial charge in [-0.25, -0.2) is 4.39 Å². The van der Waals surface area contributed by atoms with Crippen molar-refractivity contribution in [1.29, 1.82) is 0 Å². The van der Waals surface area contributed by atoms with Crippen LogP contribution in [0.15, 0.2) is 24.3 Å². The molecule has 0 bridgehead atoms. The second kappa shape index (κ2) is 2.75. The summed E-state index contributed by atoms with van der Waals surface area (Å²) in [6.07, 6.45) is -0.0555. The van der Waals surface area contributed by atoms with Gasteiger partial charge in [-0.2, -0.15) is 0 Å². The first-order valence-corrected chi connectivity index (χ1v) is 3.83. The Morgan fingerprint density at radius 2 is 2.25 bits per heavy atom. The van der Waals surface area contributed by atoms with Gasteiger partial charge in [0.1, 0.15) is 17.7 Å². The highest BCUT2D eigenvalue weighted by Gasteiger charge is 2.36. The van der Waals surface area contributed by atoms with Crippen molar-refractivity contribution < 1.29 is 13.9 Å². The van der Waals surface area contributed by atoms with Gasteiger partial charge >= 0.3 is 0 Å². The van der Waals surface area contributed by atoms with Crippen molar-refractivity contribution in [3.8, 4) is 5.75 Å². The summed E-state index contributed by atoms with van der Waals surface area (Å²) in [5.41, 5.74) is 0. The standard InChI is InChI=1S/C9H9FO2/c1-6-9(11-6)12-8-4-2-3-7(10)5-8/h2-6,9H,1H3. The highest BCUT2D eigenvalue weighted by Crippen LogP contribution is 2.25. The molecule has 1 aromatic carbocycles. The summed E-state index contributed by atoms with van der Waals surface area (Å²) in [5, 5.41) is 0. The van der Waals surface area contributed by atoms with Crippen LogP contribution in [0.1, 0.15) is 6.92 Å². The van der Waals surface area contributed by atoms with Gasteiger partial charge in [0, 0.05) is 6.07 Å². The van der Waals surface area contributed by atoms with Crippen LogP contribution in [-0.4, -0.2) is 12.4 Å². The van der Waals surface area contributed by atoms with Gasteiger partial charge in [-0.15, -0.1) is 0 Å². The molecule has 0 amide bonds. The third-order valence-corrected chi connectivity index (χ3v) is 1.70. The maximum atomic E-state index is 12.6. The normalized spacial score (nSPS) is 26.8. The van der Waals surface area contributed by atoms with E-state index in [2.05, 4.69) is 0 Å². The monoisotopic (exact) mass is 168 g/mol. The van der Waals surface area contributed by atoms with Gasteiger partial charge in [-0.05, 0) is 19.1 Å². The lowest BCUT2D eigenvalue weighted by molar-refractivity contribution is 0.178. The molecule has 0 radical (unpaired) electrons. The fourth-order valence-electron chi connectivity index (χ4n) is 0.964. The second-order valence-electron chi connectivity index (χ2n) is 2.78. The van der Waals surface area contributed by atoms with Crippen molar-refractivity contribution >= 4 is 0 Å². The lowest BCUT2D eigenvalue weighted by Crippen LogP contribution is -2.00. The summed E-state index contributed by atoms with van der Waals surface area (Å²) in [6, 6.07) is 6.04. The van der Waals surface area contributed by atoms with Gasteiger partial charge in [0.15, 0.2) is 0 Å². The van der Waals surface area contributed by atoms with E-state index in [-0.39, 0.29) is 18.2 Å². The SMILES string of the molecule is CC1OC1Oc1cccc(F)c1. The zero-order valence-corrected chi connectivity index (χ0v) is 6.66. The van der Waals surface area contributed by atoms with E-state index in [1.165, 1.54) is 12.1 Å². The van der Waals surface area contributed by atoms with E-state index in [1.807, 2.05) is 6.92 Å². The molecular weight excluding hydrogens is 159 g/mol. The predicted octanol–water partition coefficient (Wildman–Crippen LogP) is 1.95. The van der Waals surface area contributed by atoms with Gasteiger partial charge in [-0.3, -0.25) is 0 Å². The fraction of sp³-hybridized carbons (Fsp3) is 0.333. The van der Waals surface area contributed by atoms with Crippen molar-refractivity contribution in [2.45, 2.75) is 19.3 Å². The number of halogens is 1. The number of hydrogen-bond acceptors (Lipinski definition) is 2. The molecule has 0 N–H and O–H groups in total. The van der Waals surface area contributed by atoms with E-state index < -0.39 is 0 Å². The van der Waals surface area contributed by atoms with E-state index in [4.69, 9.17) is 9.47 Å². The summed E-state index contributed by atoms with van der Waals surface area (Å²) in [6.45, 7) is 1.91. The van der Waals surface area contributed by atoms with Crippen LogP contribution in [0, 0.1) is 5.82 Å². The van der Waals surface area contributed by atoms with Crippen LogP contribution in [0.4, 0.5) is 4.39 Å². The van der Waals surface area contributed by atoms with Gasteiger partial charge in [-0.1, -0.05) is 6.07 Å². The molecular formula is C9H9FO2. The van der Waals surface area contributed by atoms with Crippen molar-refractivity contribution in [2.24, 2.45) is 0 Å². The van der Waals surface area contributed by atoms with Crippen molar-refractivity contribution in [3.05, 3.63) is 30.1 Å². The minimum absolute atomic E-state index is 0.133. The van der Waals surface area contributed by atoms with E-state index in [0.717, 1.165) is 0 Å². The number of epoxide rings is 1. The predicted molar refractivity (Wildman–Crippen MR) is 41.4 cm³/mol. The molecule has 0 aliphatic carbocycles. The Bertz CT molecular complexity index is 288. The minimum atomic E-state index is -0.291. The van der Waals surface area contributed by atoms with Gasteiger partial charge in [0.25, 0.3) is 0 Å². The molecule has 1 aliphatic rings. The molecule has 12 heavy (non-hydrogen) atoms. The quantitative estimate of drug-likeness (QED) is 0.629. The molecule has 0 saturated carbocycles. The third-order valence-electron chi connectivity index (χ3n) is 1.70. The lowest BCUT2D eigenvalue weighted by Gasteiger charge is -2.00. The van der Waals surface area contributed by atoms with Crippen molar-refractivity contribution in [2.75, 3.05) is 0 Å². The molecule has 2 rings (SSSR count). The second-order valence-corrected chi connectivity index (χ2v) is 2.78. The largest absolute Gasteiger partial charge is 0.462 e. The number of hydrogen-bond donors (Lipinski definition) is 0. The highest BCUT2D eigenvalue weighted by molar-refractivity contribution is 5.22. The molecule has 1 aliphatic heterocycles. The minimum Gasteiger partial charge on any atom is -0.462 e. The first-order chi connectivity index (χ1) is 5.75. The van der Waals surface area contributed by atoms with Crippen LogP contribution >= 0.6 is 0 Å². The summed E-state index contributed by atoms with van der Waals surface area (Å²) in [4.78, 5) is 0. The van der Waals surface area contributed by atoms with Gasteiger partial charge < -0.3 is 9.47 Å². The first-order valence-electron chi connectivity index (χ1n) is 3.83. The van der Waals surface area contributed by atoms with Crippen LogP contribution in [0.3, 0.4) is 0 Å². The van der Waals surface area contributed by atoms with Crippen molar-refractivity contribution in [3.63, 3.8) is 0 Å². The average Bonchev–Trinajstić information content (AvgIpc) is 2.66. The van der Waals surface area contributed by atoms with Gasteiger partial charge in [0.2, 0.25) is 6.29 Å². The van der Waals surface area contributed by atoms with Crippen molar-refractivity contribution in [1.82, 2.24) is 0 Å². The Kier molecular flexibility index (Phi) is 1.73. The van der Waals surface area contributed by atoms with Crippen LogP contribution in [0.2, 0.25) is 0 Å². The molecule has 1 fully saturated rings. The van der Waals surface area contributed by atoms with E-state index in [1.54, 1.807) is 12.1 Å². The third kappa shape index (κ3) is 1.56. The Labute approximate surface area is 69.9 Å². The summed E-state index contributed by atoms with van der Waals surface area (Å²) in [7, 11) is 0. The molecule has 0 aromatic heterocycles. The Morgan fingerprint density at radius 3 is 2.83 bits per heavy atom. The van der Waals surface area contributed by atoms with Gasteiger partial charge in [0.05, 0.1) is 0 Å². The number of ether oxygens (including phenoxy) is 2. The Hall–Kier alpha value is -1.09. The topological polar surface area (TPSA) is 21.8 Å². The molecule has 3 heteroatoms. The van der Waals surface area contributed by atoms with Crippen LogP contribution in [0.5, 0.6) is 5.75 Å². The first kappa shape index (κ1) is 7.55. The highest BCUT2D eigenvalue weighted by atomic mass is 19.1. The molecule has 64 valence electrons. The molecule has 0 spiro atoms. The number of benzene rings is 1. The van der Waals surface area contributed by atoms with E-state index in [9.17, 15) is 4.39 Å². The molecule has 1 aromatic rings. The van der Waals surface area contributed by atoms with E-state index in [0.29, 0.717) is 5.75 Å². The molecule has 1 heterocycles. The maximum absolute atomic E-state index is 12.6.